The molecule has 0 bridgehead atoms. The summed E-state index contributed by atoms with van der Waals surface area (Å²) in [6.07, 6.45) is 4.21. The van der Waals surface area contributed by atoms with E-state index in [1.807, 2.05) is 23.1 Å². The number of hydrogen-bond donors (Lipinski definition) is 2. The molecular weight excluding hydrogens is 316 g/mol. The van der Waals surface area contributed by atoms with Gasteiger partial charge in [0.2, 0.25) is 0 Å². The van der Waals surface area contributed by atoms with Crippen molar-refractivity contribution in [3.8, 4) is 0 Å². The van der Waals surface area contributed by atoms with Crippen molar-refractivity contribution in [3.05, 3.63) is 59.9 Å². The Labute approximate surface area is 147 Å². The molecule has 1 fully saturated rings. The topological polar surface area (TPSA) is 88.3 Å². The highest BCUT2D eigenvalue weighted by Gasteiger charge is 2.39. The molecule has 3 N–H and O–H groups in total. The second-order valence-electron chi connectivity index (χ2n) is 6.64. The number of benzene rings is 1. The number of amides is 3. The van der Waals surface area contributed by atoms with Crippen molar-refractivity contribution in [1.82, 2.24) is 9.88 Å². The molecule has 2 aromatic rings. The zero-order valence-electron chi connectivity index (χ0n) is 14.2. The summed E-state index contributed by atoms with van der Waals surface area (Å²) in [5.41, 5.74) is 6.90. The number of nitrogens with zero attached hydrogens (tertiary/aromatic N) is 2. The molecule has 3 rings (SSSR count). The molecule has 3 amide bonds. The summed E-state index contributed by atoms with van der Waals surface area (Å²) in [6.45, 7) is 2.85. The van der Waals surface area contributed by atoms with E-state index in [0.717, 1.165) is 25.8 Å². The fraction of sp³-hybridized carbons (Fsp3) is 0.316. The van der Waals surface area contributed by atoms with Crippen LogP contribution in [-0.2, 0) is 6.42 Å². The second kappa shape index (κ2) is 6.93. The smallest absolute Gasteiger partial charge is 0.322 e. The second-order valence-corrected chi connectivity index (χ2v) is 6.64. The highest BCUT2D eigenvalue weighted by atomic mass is 16.2. The third kappa shape index (κ3) is 3.79. The van der Waals surface area contributed by atoms with Gasteiger partial charge in [-0.25, -0.2) is 9.78 Å². The van der Waals surface area contributed by atoms with E-state index in [0.29, 0.717) is 5.69 Å². The van der Waals surface area contributed by atoms with Gasteiger partial charge in [0.25, 0.3) is 5.91 Å². The van der Waals surface area contributed by atoms with Crippen molar-refractivity contribution >= 4 is 17.6 Å². The molecule has 1 aromatic heterocycles. The van der Waals surface area contributed by atoms with Gasteiger partial charge in [0, 0.05) is 12.1 Å². The molecule has 1 aromatic carbocycles. The summed E-state index contributed by atoms with van der Waals surface area (Å²) in [5.74, 6) is -0.590. The Bertz CT molecular complexity index is 761. The summed E-state index contributed by atoms with van der Waals surface area (Å²) in [4.78, 5) is 29.6. The van der Waals surface area contributed by atoms with Gasteiger partial charge in [0.1, 0.15) is 5.69 Å². The largest absolute Gasteiger partial charge is 0.364 e. The molecule has 25 heavy (non-hydrogen) atoms. The number of primary amides is 1. The van der Waals surface area contributed by atoms with Crippen LogP contribution in [0.1, 0.15) is 35.8 Å². The van der Waals surface area contributed by atoms with Crippen molar-refractivity contribution in [2.45, 2.75) is 31.7 Å². The predicted octanol–water partition coefficient (Wildman–Crippen LogP) is 2.81. The van der Waals surface area contributed by atoms with Crippen LogP contribution in [-0.4, -0.2) is 33.9 Å². The summed E-state index contributed by atoms with van der Waals surface area (Å²) in [5, 5.41) is 2.86. The quantitative estimate of drug-likeness (QED) is 0.898. The number of rotatable bonds is 4. The molecule has 1 saturated heterocycles. The normalized spacial score (nSPS) is 19.6. The van der Waals surface area contributed by atoms with Crippen molar-refractivity contribution in [2.24, 2.45) is 5.73 Å². The van der Waals surface area contributed by atoms with Crippen LogP contribution in [0.3, 0.4) is 0 Å². The van der Waals surface area contributed by atoms with E-state index in [4.69, 9.17) is 5.73 Å². The fourth-order valence-electron chi connectivity index (χ4n) is 3.39. The Morgan fingerprint density at radius 3 is 2.64 bits per heavy atom. The Balaban J connectivity index is 1.70. The van der Waals surface area contributed by atoms with E-state index in [1.165, 1.54) is 17.8 Å². The molecule has 130 valence electrons. The Hall–Kier alpha value is -2.89. The summed E-state index contributed by atoms with van der Waals surface area (Å²) < 4.78 is 0. The number of aromatic nitrogens is 1. The van der Waals surface area contributed by atoms with Gasteiger partial charge >= 0.3 is 6.03 Å². The molecule has 1 aliphatic heterocycles. The zero-order valence-corrected chi connectivity index (χ0v) is 14.2. The summed E-state index contributed by atoms with van der Waals surface area (Å²) >= 11 is 0. The van der Waals surface area contributed by atoms with Crippen LogP contribution in [0.15, 0.2) is 48.7 Å². The summed E-state index contributed by atoms with van der Waals surface area (Å²) in [6, 6.07) is 13.2. The molecule has 2 heterocycles. The minimum Gasteiger partial charge on any atom is -0.364 e. The molecule has 0 aliphatic carbocycles. The lowest BCUT2D eigenvalue weighted by Crippen LogP contribution is -2.48. The number of urea groups is 1. The number of nitrogens with two attached hydrogens (primary N) is 1. The summed E-state index contributed by atoms with van der Waals surface area (Å²) in [7, 11) is 0. The molecule has 0 saturated carbocycles. The molecule has 0 unspecified atom stereocenters. The van der Waals surface area contributed by atoms with Crippen molar-refractivity contribution in [2.75, 3.05) is 11.9 Å². The van der Waals surface area contributed by atoms with E-state index in [-0.39, 0.29) is 17.3 Å². The average molecular weight is 338 g/mol. The molecular formula is C19H22N4O2. The first-order chi connectivity index (χ1) is 12.0. The third-order valence-corrected chi connectivity index (χ3v) is 4.69. The van der Waals surface area contributed by atoms with Crippen LogP contribution >= 0.6 is 0 Å². The van der Waals surface area contributed by atoms with Crippen LogP contribution < -0.4 is 11.1 Å². The van der Waals surface area contributed by atoms with E-state index < -0.39 is 5.91 Å². The van der Waals surface area contributed by atoms with Crippen LogP contribution in [0, 0.1) is 0 Å². The molecule has 0 spiro atoms. The molecule has 1 aliphatic rings. The third-order valence-electron chi connectivity index (χ3n) is 4.69. The maximum Gasteiger partial charge on any atom is 0.322 e. The van der Waals surface area contributed by atoms with Crippen LogP contribution in [0.5, 0.6) is 0 Å². The van der Waals surface area contributed by atoms with E-state index in [1.54, 1.807) is 6.07 Å². The van der Waals surface area contributed by atoms with E-state index >= 15 is 0 Å². The van der Waals surface area contributed by atoms with Crippen LogP contribution in [0.25, 0.3) is 0 Å². The van der Waals surface area contributed by atoms with Crippen molar-refractivity contribution in [3.63, 3.8) is 0 Å². The molecule has 6 nitrogen and oxygen atoms in total. The minimum atomic E-state index is -0.590. The number of nitrogens with one attached hydrogen (secondary N) is 1. The van der Waals surface area contributed by atoms with Gasteiger partial charge in [-0.3, -0.25) is 4.79 Å². The predicted molar refractivity (Wildman–Crippen MR) is 96.3 cm³/mol. The molecule has 0 radical (unpaired) electrons. The zero-order chi connectivity index (χ0) is 17.9. The Morgan fingerprint density at radius 2 is 2.00 bits per heavy atom. The van der Waals surface area contributed by atoms with Crippen LogP contribution in [0.2, 0.25) is 0 Å². The SMILES string of the molecule is C[C@]1(Cc2ccccc2)CCCN1C(=O)Nc1ccc(C(N)=O)nc1. The molecule has 1 atom stereocenters. The molecule has 6 heteroatoms. The monoisotopic (exact) mass is 338 g/mol. The van der Waals surface area contributed by atoms with Gasteiger partial charge in [-0.2, -0.15) is 0 Å². The number of carbonyl (C=O) groups excluding carboxylic acids is 2. The van der Waals surface area contributed by atoms with Crippen molar-refractivity contribution in [1.29, 1.82) is 0 Å². The maximum absolute atomic E-state index is 12.7. The lowest BCUT2D eigenvalue weighted by atomic mass is 9.90. The number of carbonyl (C=O) groups is 2. The standard InChI is InChI=1S/C19H22N4O2/c1-19(12-14-6-3-2-4-7-14)10-5-11-23(19)18(25)22-15-8-9-16(17(20)24)21-13-15/h2-4,6-9,13H,5,10-12H2,1H3,(H2,20,24)(H,22,25)/t19-/m1/s1. The van der Waals surface area contributed by atoms with Gasteiger partial charge < -0.3 is 16.0 Å². The number of anilines is 1. The Kier molecular flexibility index (Phi) is 4.70. The first kappa shape index (κ1) is 17.0. The first-order valence-corrected chi connectivity index (χ1v) is 8.36. The average Bonchev–Trinajstić information content (AvgIpc) is 2.97. The van der Waals surface area contributed by atoms with Crippen molar-refractivity contribution < 1.29 is 9.59 Å². The van der Waals surface area contributed by atoms with Crippen LogP contribution in [0.4, 0.5) is 10.5 Å². The van der Waals surface area contributed by atoms with E-state index in [2.05, 4.69) is 29.4 Å². The van der Waals surface area contributed by atoms with Gasteiger partial charge in [0.05, 0.1) is 11.9 Å². The van der Waals surface area contributed by atoms with Gasteiger partial charge in [0.15, 0.2) is 0 Å². The van der Waals surface area contributed by atoms with Gasteiger partial charge in [-0.15, -0.1) is 0 Å². The number of hydrogen-bond acceptors (Lipinski definition) is 3. The maximum atomic E-state index is 12.7. The minimum absolute atomic E-state index is 0.149. The highest BCUT2D eigenvalue weighted by Crippen LogP contribution is 2.32. The fourth-order valence-corrected chi connectivity index (χ4v) is 3.39. The number of pyridine rings is 1. The number of likely N-dealkylation sites (tertiary alicyclic amines) is 1. The van der Waals surface area contributed by atoms with Gasteiger partial charge in [-0.1, -0.05) is 30.3 Å². The lowest BCUT2D eigenvalue weighted by molar-refractivity contribution is 0.0995. The Morgan fingerprint density at radius 1 is 1.24 bits per heavy atom. The van der Waals surface area contributed by atoms with Gasteiger partial charge in [-0.05, 0) is 43.9 Å². The highest BCUT2D eigenvalue weighted by molar-refractivity contribution is 5.92. The first-order valence-electron chi connectivity index (χ1n) is 8.36. The lowest BCUT2D eigenvalue weighted by Gasteiger charge is -2.35. The van der Waals surface area contributed by atoms with E-state index in [9.17, 15) is 9.59 Å².